The van der Waals surface area contributed by atoms with Crippen molar-refractivity contribution < 1.29 is 4.79 Å². The molecular formula is C30H33N7O. The molecule has 0 radical (unpaired) electrons. The molecule has 5 aromatic rings. The van der Waals surface area contributed by atoms with Gasteiger partial charge in [-0.25, -0.2) is 9.97 Å². The molecule has 8 nitrogen and oxygen atoms in total. The van der Waals surface area contributed by atoms with Crippen molar-refractivity contribution in [1.82, 2.24) is 24.4 Å². The molecule has 0 aliphatic carbocycles. The van der Waals surface area contributed by atoms with Crippen LogP contribution in [0.25, 0.3) is 21.9 Å². The van der Waals surface area contributed by atoms with Gasteiger partial charge in [-0.15, -0.1) is 0 Å². The quantitative estimate of drug-likeness (QED) is 0.257. The molecule has 4 N–H and O–H groups in total. The molecule has 0 aliphatic heterocycles. The van der Waals surface area contributed by atoms with Crippen LogP contribution in [-0.4, -0.2) is 43.9 Å². The average molecular weight is 508 g/mol. The van der Waals surface area contributed by atoms with Crippen molar-refractivity contribution in [2.75, 3.05) is 19.3 Å². The fraction of sp³-hybridized carbons (Fsp3) is 0.267. The number of rotatable bonds is 11. The van der Waals surface area contributed by atoms with Crippen LogP contribution in [0.1, 0.15) is 40.0 Å². The number of aryl methyl sites for hydroxylation is 2. The topological polar surface area (TPSA) is 116 Å². The Morgan fingerprint density at radius 3 is 2.66 bits per heavy atom. The van der Waals surface area contributed by atoms with Gasteiger partial charge in [0.25, 0.3) is 0 Å². The first-order valence-corrected chi connectivity index (χ1v) is 13.0. The van der Waals surface area contributed by atoms with Crippen LogP contribution in [0, 0.1) is 0 Å². The SMILES string of the molecule is CN(CCc1ccccn1)Cc1ccc(C(N)=O)c(CCCCn2cnc3c(N)nc4ccccc4c32)c1. The van der Waals surface area contributed by atoms with E-state index < -0.39 is 0 Å². The van der Waals surface area contributed by atoms with Gasteiger partial charge in [0.1, 0.15) is 5.52 Å². The molecule has 0 aliphatic rings. The summed E-state index contributed by atoms with van der Waals surface area (Å²) in [6.07, 6.45) is 7.18. The number of hydrogen-bond donors (Lipinski definition) is 2. The van der Waals surface area contributed by atoms with Gasteiger partial charge in [0.2, 0.25) is 5.91 Å². The summed E-state index contributed by atoms with van der Waals surface area (Å²) in [5.41, 5.74) is 18.3. The molecule has 0 atom stereocenters. The van der Waals surface area contributed by atoms with Crippen molar-refractivity contribution in [3.8, 4) is 0 Å². The number of nitrogen functional groups attached to an aromatic ring is 1. The number of likely N-dealkylation sites (N-methyl/N-ethyl adjacent to an activating group) is 1. The van der Waals surface area contributed by atoms with Crippen LogP contribution in [0.4, 0.5) is 5.82 Å². The lowest BCUT2D eigenvalue weighted by atomic mass is 9.98. The number of carbonyl (C=O) groups is 1. The highest BCUT2D eigenvalue weighted by molar-refractivity contribution is 6.06. The number of fused-ring (bicyclic) bond motifs is 3. The fourth-order valence-electron chi connectivity index (χ4n) is 5.01. The Kier molecular flexibility index (Phi) is 7.60. The lowest BCUT2D eigenvalue weighted by Crippen LogP contribution is -2.21. The molecule has 0 saturated carbocycles. The molecule has 0 unspecified atom stereocenters. The summed E-state index contributed by atoms with van der Waals surface area (Å²) in [4.78, 5) is 27.8. The van der Waals surface area contributed by atoms with E-state index in [1.54, 1.807) is 0 Å². The van der Waals surface area contributed by atoms with Crippen molar-refractivity contribution in [3.05, 3.63) is 95.6 Å². The van der Waals surface area contributed by atoms with E-state index in [0.29, 0.717) is 11.4 Å². The summed E-state index contributed by atoms with van der Waals surface area (Å²) in [7, 11) is 2.10. The van der Waals surface area contributed by atoms with Gasteiger partial charge in [-0.2, -0.15) is 0 Å². The zero-order valence-corrected chi connectivity index (χ0v) is 21.7. The first-order chi connectivity index (χ1) is 18.5. The Balaban J connectivity index is 1.23. The van der Waals surface area contributed by atoms with Crippen LogP contribution in [0.5, 0.6) is 0 Å². The molecule has 0 saturated heterocycles. The van der Waals surface area contributed by atoms with Gasteiger partial charge in [0.15, 0.2) is 5.82 Å². The standard InChI is InChI=1S/C30H33N7O/c1-36(17-14-23-9-4-6-15-33-23)19-21-12-13-24(30(32)38)22(18-21)8-5-7-16-37-20-34-27-28(37)25-10-2-3-11-26(25)35-29(27)31/h2-4,6,9-13,15,18,20H,5,7-8,14,16-17,19H2,1H3,(H2,31,35)(H2,32,38). The maximum Gasteiger partial charge on any atom is 0.248 e. The Hall–Kier alpha value is -4.30. The summed E-state index contributed by atoms with van der Waals surface area (Å²) >= 11 is 0. The van der Waals surface area contributed by atoms with Gasteiger partial charge >= 0.3 is 0 Å². The van der Waals surface area contributed by atoms with Crippen molar-refractivity contribution in [2.24, 2.45) is 5.73 Å². The summed E-state index contributed by atoms with van der Waals surface area (Å²) in [6.45, 7) is 2.49. The smallest absolute Gasteiger partial charge is 0.248 e. The third kappa shape index (κ3) is 5.65. The molecule has 3 aromatic heterocycles. The first-order valence-electron chi connectivity index (χ1n) is 13.0. The van der Waals surface area contributed by atoms with Crippen LogP contribution in [-0.2, 0) is 25.9 Å². The van der Waals surface area contributed by atoms with Gasteiger partial charge in [0.05, 0.1) is 17.4 Å². The number of unbranched alkanes of at least 4 members (excludes halogenated alkanes) is 1. The van der Waals surface area contributed by atoms with E-state index in [9.17, 15) is 4.79 Å². The van der Waals surface area contributed by atoms with Gasteiger partial charge in [0, 0.05) is 48.9 Å². The third-order valence-electron chi connectivity index (χ3n) is 6.94. The fourth-order valence-corrected chi connectivity index (χ4v) is 5.01. The zero-order valence-electron chi connectivity index (χ0n) is 21.7. The molecule has 3 heterocycles. The normalized spacial score (nSPS) is 11.5. The summed E-state index contributed by atoms with van der Waals surface area (Å²) < 4.78 is 2.15. The highest BCUT2D eigenvalue weighted by Gasteiger charge is 2.13. The molecule has 1 amide bonds. The van der Waals surface area contributed by atoms with E-state index >= 15 is 0 Å². The maximum atomic E-state index is 12.1. The number of carbonyl (C=O) groups excluding carboxylic acids is 1. The minimum Gasteiger partial charge on any atom is -0.382 e. The van der Waals surface area contributed by atoms with Crippen LogP contribution >= 0.6 is 0 Å². The Bertz CT molecular complexity index is 1560. The maximum absolute atomic E-state index is 12.1. The number of hydrogen-bond acceptors (Lipinski definition) is 6. The highest BCUT2D eigenvalue weighted by atomic mass is 16.1. The number of nitrogens with two attached hydrogens (primary N) is 2. The molecule has 2 aromatic carbocycles. The second-order valence-electron chi connectivity index (χ2n) is 9.77. The van der Waals surface area contributed by atoms with Crippen molar-refractivity contribution in [2.45, 2.75) is 38.8 Å². The van der Waals surface area contributed by atoms with E-state index in [1.165, 1.54) is 5.56 Å². The Labute approximate surface area is 222 Å². The lowest BCUT2D eigenvalue weighted by molar-refractivity contribution is 0.0999. The van der Waals surface area contributed by atoms with Crippen molar-refractivity contribution in [3.63, 3.8) is 0 Å². The largest absolute Gasteiger partial charge is 0.382 e. The second-order valence-corrected chi connectivity index (χ2v) is 9.77. The number of pyridine rings is 2. The van der Waals surface area contributed by atoms with E-state index in [0.717, 1.165) is 78.5 Å². The summed E-state index contributed by atoms with van der Waals surface area (Å²) in [5.74, 6) is 0.0652. The molecule has 0 bridgehead atoms. The lowest BCUT2D eigenvalue weighted by Gasteiger charge is -2.18. The molecule has 5 rings (SSSR count). The van der Waals surface area contributed by atoms with E-state index in [-0.39, 0.29) is 5.91 Å². The highest BCUT2D eigenvalue weighted by Crippen LogP contribution is 2.27. The molecule has 0 fully saturated rings. The van der Waals surface area contributed by atoms with Gasteiger partial charge in [-0.1, -0.05) is 36.4 Å². The predicted octanol–water partition coefficient (Wildman–Crippen LogP) is 4.36. The molecule has 0 spiro atoms. The minimum atomic E-state index is -0.384. The average Bonchev–Trinajstić information content (AvgIpc) is 3.35. The first kappa shape index (κ1) is 25.4. The number of para-hydroxylation sites is 1. The number of primary amides is 1. The number of anilines is 1. The van der Waals surface area contributed by atoms with Gasteiger partial charge in [-0.3, -0.25) is 9.78 Å². The van der Waals surface area contributed by atoms with Crippen LogP contribution < -0.4 is 11.5 Å². The number of imidazole rings is 1. The Morgan fingerprint density at radius 1 is 1.00 bits per heavy atom. The predicted molar refractivity (Wildman–Crippen MR) is 152 cm³/mol. The molecular weight excluding hydrogens is 474 g/mol. The monoisotopic (exact) mass is 507 g/mol. The Morgan fingerprint density at radius 2 is 1.84 bits per heavy atom. The zero-order chi connectivity index (χ0) is 26.5. The minimum absolute atomic E-state index is 0.384. The number of aromatic nitrogens is 4. The molecule has 8 heteroatoms. The van der Waals surface area contributed by atoms with Gasteiger partial charge < -0.3 is 20.9 Å². The second kappa shape index (κ2) is 11.4. The number of nitrogens with zero attached hydrogens (tertiary/aromatic N) is 5. The summed E-state index contributed by atoms with van der Waals surface area (Å²) in [6, 6.07) is 20.0. The van der Waals surface area contributed by atoms with E-state index in [2.05, 4.69) is 49.7 Å². The summed E-state index contributed by atoms with van der Waals surface area (Å²) in [5, 5.41) is 1.05. The van der Waals surface area contributed by atoms with E-state index in [4.69, 9.17) is 11.5 Å². The van der Waals surface area contributed by atoms with Crippen molar-refractivity contribution in [1.29, 1.82) is 0 Å². The third-order valence-corrected chi connectivity index (χ3v) is 6.94. The number of benzene rings is 2. The van der Waals surface area contributed by atoms with Crippen molar-refractivity contribution >= 4 is 33.7 Å². The van der Waals surface area contributed by atoms with E-state index in [1.807, 2.05) is 55.0 Å². The van der Waals surface area contributed by atoms with Crippen LogP contribution in [0.2, 0.25) is 0 Å². The van der Waals surface area contributed by atoms with Crippen LogP contribution in [0.3, 0.4) is 0 Å². The van der Waals surface area contributed by atoms with Crippen LogP contribution in [0.15, 0.2) is 73.2 Å². The molecule has 38 heavy (non-hydrogen) atoms. The molecule has 194 valence electrons. The number of amides is 1. The van der Waals surface area contributed by atoms with Gasteiger partial charge in [-0.05, 0) is 61.7 Å².